The van der Waals surface area contributed by atoms with Gasteiger partial charge in [0.15, 0.2) is 0 Å². The molecule has 92 valence electrons. The fraction of sp³-hybridized carbons (Fsp3) is 1.00. The molecule has 0 saturated carbocycles. The Labute approximate surface area is 93.5 Å². The third-order valence-corrected chi connectivity index (χ3v) is 2.66. The zero-order chi connectivity index (χ0) is 11.5. The first-order valence-corrected chi connectivity index (χ1v) is 6.15. The van der Waals surface area contributed by atoms with Gasteiger partial charge < -0.3 is 14.9 Å². The molecular weight excluding hydrogens is 192 g/mol. The average molecular weight is 218 g/mol. The number of hydrogen-bond donors (Lipinski definition) is 2. The molecule has 2 unspecified atom stereocenters. The number of rotatable bonds is 10. The average Bonchev–Trinajstić information content (AvgIpc) is 2.28. The van der Waals surface area contributed by atoms with E-state index in [9.17, 15) is 0 Å². The van der Waals surface area contributed by atoms with Crippen molar-refractivity contribution in [2.45, 2.75) is 64.6 Å². The van der Waals surface area contributed by atoms with E-state index < -0.39 is 0 Å². The minimum atomic E-state index is 0.243. The summed E-state index contributed by atoms with van der Waals surface area (Å²) in [5.74, 6) is 0. The van der Waals surface area contributed by atoms with Crippen LogP contribution in [-0.2, 0) is 4.74 Å². The van der Waals surface area contributed by atoms with Crippen LogP contribution in [0.3, 0.4) is 0 Å². The lowest BCUT2D eigenvalue weighted by Crippen LogP contribution is -2.22. The van der Waals surface area contributed by atoms with E-state index in [1.807, 2.05) is 0 Å². The van der Waals surface area contributed by atoms with Crippen LogP contribution in [-0.4, -0.2) is 35.6 Å². The summed E-state index contributed by atoms with van der Waals surface area (Å²) >= 11 is 0. The van der Waals surface area contributed by atoms with Crippen molar-refractivity contribution < 1.29 is 14.9 Å². The molecule has 0 heterocycles. The second-order valence-corrected chi connectivity index (χ2v) is 3.93. The van der Waals surface area contributed by atoms with Crippen molar-refractivity contribution in [1.29, 1.82) is 0 Å². The lowest BCUT2D eigenvalue weighted by atomic mass is 10.1. The molecule has 0 radical (unpaired) electrons. The monoisotopic (exact) mass is 218 g/mol. The summed E-state index contributed by atoms with van der Waals surface area (Å²) in [6, 6.07) is 0. The van der Waals surface area contributed by atoms with Gasteiger partial charge in [-0.15, -0.1) is 0 Å². The van der Waals surface area contributed by atoms with Crippen molar-refractivity contribution >= 4 is 0 Å². The first-order valence-electron chi connectivity index (χ1n) is 6.15. The van der Waals surface area contributed by atoms with Crippen LogP contribution in [0.4, 0.5) is 0 Å². The summed E-state index contributed by atoms with van der Waals surface area (Å²) < 4.78 is 5.93. The molecule has 0 aliphatic heterocycles. The third kappa shape index (κ3) is 7.77. The van der Waals surface area contributed by atoms with Crippen LogP contribution in [0.5, 0.6) is 0 Å². The molecule has 0 rings (SSSR count). The summed E-state index contributed by atoms with van der Waals surface area (Å²) in [4.78, 5) is 0. The Morgan fingerprint density at radius 2 is 1.27 bits per heavy atom. The molecule has 0 bridgehead atoms. The maximum atomic E-state index is 8.75. The van der Waals surface area contributed by atoms with Gasteiger partial charge in [-0.3, -0.25) is 0 Å². The van der Waals surface area contributed by atoms with Crippen LogP contribution in [0.1, 0.15) is 52.4 Å². The van der Waals surface area contributed by atoms with Crippen molar-refractivity contribution in [3.8, 4) is 0 Å². The van der Waals surface area contributed by atoms with E-state index in [-0.39, 0.29) is 25.4 Å². The van der Waals surface area contributed by atoms with E-state index in [4.69, 9.17) is 14.9 Å². The molecule has 0 saturated heterocycles. The molecule has 0 amide bonds. The number of ether oxygens (including phenoxy) is 1. The Morgan fingerprint density at radius 1 is 0.867 bits per heavy atom. The van der Waals surface area contributed by atoms with E-state index in [1.165, 1.54) is 0 Å². The van der Waals surface area contributed by atoms with E-state index in [0.29, 0.717) is 0 Å². The van der Waals surface area contributed by atoms with Gasteiger partial charge in [0, 0.05) is 13.2 Å². The van der Waals surface area contributed by atoms with Crippen molar-refractivity contribution in [2.24, 2.45) is 0 Å². The van der Waals surface area contributed by atoms with Gasteiger partial charge in [-0.1, -0.05) is 13.8 Å². The molecule has 15 heavy (non-hydrogen) atoms. The molecule has 2 atom stereocenters. The fourth-order valence-electron chi connectivity index (χ4n) is 1.65. The molecule has 0 fully saturated rings. The van der Waals surface area contributed by atoms with Gasteiger partial charge in [-0.05, 0) is 38.5 Å². The predicted molar refractivity (Wildman–Crippen MR) is 61.9 cm³/mol. The van der Waals surface area contributed by atoms with Crippen LogP contribution in [0, 0.1) is 0 Å². The van der Waals surface area contributed by atoms with Gasteiger partial charge in [0.05, 0.1) is 12.2 Å². The highest BCUT2D eigenvalue weighted by Gasteiger charge is 2.13. The van der Waals surface area contributed by atoms with Crippen LogP contribution >= 0.6 is 0 Å². The minimum absolute atomic E-state index is 0.243. The highest BCUT2D eigenvalue weighted by atomic mass is 16.5. The molecule has 2 N–H and O–H groups in total. The van der Waals surface area contributed by atoms with Crippen molar-refractivity contribution in [3.63, 3.8) is 0 Å². The molecule has 0 aromatic carbocycles. The van der Waals surface area contributed by atoms with Crippen LogP contribution in [0.15, 0.2) is 0 Å². The zero-order valence-corrected chi connectivity index (χ0v) is 10.1. The Bertz CT molecular complexity index is 114. The first-order chi connectivity index (χ1) is 7.28. The van der Waals surface area contributed by atoms with Crippen LogP contribution in [0.2, 0.25) is 0 Å². The van der Waals surface area contributed by atoms with Crippen molar-refractivity contribution in [3.05, 3.63) is 0 Å². The van der Waals surface area contributed by atoms with Gasteiger partial charge in [0.2, 0.25) is 0 Å². The highest BCUT2D eigenvalue weighted by molar-refractivity contribution is 4.62. The largest absolute Gasteiger partial charge is 0.396 e. The second-order valence-electron chi connectivity index (χ2n) is 3.93. The van der Waals surface area contributed by atoms with Gasteiger partial charge in [-0.25, -0.2) is 0 Å². The summed E-state index contributed by atoms with van der Waals surface area (Å²) in [5, 5.41) is 17.5. The van der Waals surface area contributed by atoms with Crippen LogP contribution < -0.4 is 0 Å². The molecule has 0 aromatic rings. The second kappa shape index (κ2) is 10.4. The van der Waals surface area contributed by atoms with Crippen molar-refractivity contribution in [2.75, 3.05) is 13.2 Å². The molecule has 0 aliphatic rings. The number of aliphatic hydroxyl groups is 2. The normalized spacial score (nSPS) is 15.2. The smallest absolute Gasteiger partial charge is 0.0577 e. The van der Waals surface area contributed by atoms with Crippen molar-refractivity contribution in [1.82, 2.24) is 0 Å². The maximum absolute atomic E-state index is 8.75. The number of hydrogen-bond acceptors (Lipinski definition) is 3. The van der Waals surface area contributed by atoms with Gasteiger partial charge in [0.25, 0.3) is 0 Å². The summed E-state index contributed by atoms with van der Waals surface area (Å²) in [6.07, 6.45) is 6.02. The third-order valence-electron chi connectivity index (χ3n) is 2.66. The molecule has 3 heteroatoms. The quantitative estimate of drug-likeness (QED) is 0.590. The summed E-state index contributed by atoms with van der Waals surface area (Å²) in [5.41, 5.74) is 0. The Kier molecular flexibility index (Phi) is 10.3. The topological polar surface area (TPSA) is 49.7 Å². The number of aliphatic hydroxyl groups excluding tert-OH is 2. The standard InChI is InChI=1S/C12H26O3/c1-3-11(7-5-9-13)15-12(4-2)8-6-10-14/h11-14H,3-10H2,1-2H3. The van der Waals surface area contributed by atoms with Gasteiger partial charge in [0.1, 0.15) is 0 Å². The zero-order valence-electron chi connectivity index (χ0n) is 10.1. The fourth-order valence-corrected chi connectivity index (χ4v) is 1.65. The summed E-state index contributed by atoms with van der Waals surface area (Å²) in [6.45, 7) is 4.71. The SMILES string of the molecule is CCC(CCCO)OC(CC)CCCO. The molecular formula is C12H26O3. The Morgan fingerprint density at radius 3 is 1.53 bits per heavy atom. The first kappa shape index (κ1) is 14.9. The van der Waals surface area contributed by atoms with Gasteiger partial charge >= 0.3 is 0 Å². The van der Waals surface area contributed by atoms with E-state index in [2.05, 4.69) is 13.8 Å². The van der Waals surface area contributed by atoms with Crippen LogP contribution in [0.25, 0.3) is 0 Å². The maximum Gasteiger partial charge on any atom is 0.0577 e. The van der Waals surface area contributed by atoms with E-state index in [1.54, 1.807) is 0 Å². The molecule has 0 aromatic heterocycles. The van der Waals surface area contributed by atoms with E-state index in [0.717, 1.165) is 38.5 Å². The molecule has 0 spiro atoms. The lowest BCUT2D eigenvalue weighted by molar-refractivity contribution is -0.0284. The molecule has 0 aliphatic carbocycles. The minimum Gasteiger partial charge on any atom is -0.396 e. The lowest BCUT2D eigenvalue weighted by Gasteiger charge is -2.23. The highest BCUT2D eigenvalue weighted by Crippen LogP contribution is 2.14. The Balaban J connectivity index is 3.77. The predicted octanol–water partition coefficient (Wildman–Crippen LogP) is 2.11. The Hall–Kier alpha value is -0.120. The van der Waals surface area contributed by atoms with Gasteiger partial charge in [-0.2, -0.15) is 0 Å². The summed E-state index contributed by atoms with van der Waals surface area (Å²) in [7, 11) is 0. The molecule has 3 nitrogen and oxygen atoms in total. The van der Waals surface area contributed by atoms with E-state index >= 15 is 0 Å².